The highest BCUT2D eigenvalue weighted by atomic mass is 32.2. The van der Waals surface area contributed by atoms with Crippen LogP contribution in [0.25, 0.3) is 0 Å². The number of carboxylic acids is 1. The average molecular weight is 398 g/mol. The lowest BCUT2D eigenvalue weighted by atomic mass is 9.87. The molecule has 0 saturated heterocycles. The number of rotatable bonds is 7. The number of aliphatic carboxylic acids is 1. The van der Waals surface area contributed by atoms with Crippen molar-refractivity contribution in [3.63, 3.8) is 0 Å². The zero-order valence-electron chi connectivity index (χ0n) is 14.3. The second kappa shape index (κ2) is 8.43. The highest BCUT2D eigenvalue weighted by Crippen LogP contribution is 2.30. The van der Waals surface area contributed by atoms with E-state index in [9.17, 15) is 27.9 Å². The Labute approximate surface area is 158 Å². The monoisotopic (exact) mass is 398 g/mol. The molecule has 1 atom stereocenters. The Balaban J connectivity index is 2.07. The minimum atomic E-state index is -4.48. The third kappa shape index (κ3) is 5.00. The summed E-state index contributed by atoms with van der Waals surface area (Å²) >= 11 is 0.923. The Morgan fingerprint density at radius 1 is 1.11 bits per heavy atom. The normalized spacial score (nSPS) is 13.6. The number of pyridine rings is 1. The van der Waals surface area contributed by atoms with Crippen molar-refractivity contribution in [1.82, 2.24) is 10.3 Å². The third-order valence-corrected chi connectivity index (χ3v) is 4.87. The molecule has 2 rings (SSSR count). The van der Waals surface area contributed by atoms with Gasteiger partial charge in [0, 0.05) is 6.20 Å². The van der Waals surface area contributed by atoms with E-state index in [1.54, 1.807) is 37.3 Å². The largest absolute Gasteiger partial charge is 0.479 e. The zero-order valence-corrected chi connectivity index (χ0v) is 15.1. The molecule has 0 aliphatic heterocycles. The van der Waals surface area contributed by atoms with E-state index < -0.39 is 29.2 Å². The third-order valence-electron chi connectivity index (χ3n) is 3.93. The number of carbonyl (C=O) groups is 2. The number of aromatic nitrogens is 1. The van der Waals surface area contributed by atoms with Gasteiger partial charge in [-0.1, -0.05) is 49.0 Å². The molecule has 0 fully saturated rings. The van der Waals surface area contributed by atoms with Crippen LogP contribution in [-0.4, -0.2) is 27.7 Å². The minimum absolute atomic E-state index is 0.126. The Bertz CT molecular complexity index is 798. The van der Waals surface area contributed by atoms with Crippen LogP contribution in [0.4, 0.5) is 13.2 Å². The number of hydrogen-bond donors (Lipinski definition) is 2. The Kier molecular flexibility index (Phi) is 6.48. The molecule has 1 heterocycles. The number of carboxylic acid groups (broad SMARTS) is 1. The number of benzene rings is 1. The molecule has 2 N–H and O–H groups in total. The van der Waals surface area contributed by atoms with Crippen LogP contribution in [-0.2, 0) is 21.3 Å². The maximum Gasteiger partial charge on any atom is 0.417 e. The molecular weight excluding hydrogens is 381 g/mol. The van der Waals surface area contributed by atoms with E-state index in [2.05, 4.69) is 10.3 Å². The predicted molar refractivity (Wildman–Crippen MR) is 94.2 cm³/mol. The van der Waals surface area contributed by atoms with Gasteiger partial charge in [0.15, 0.2) is 5.54 Å². The Hall–Kier alpha value is -2.55. The molecule has 0 radical (unpaired) electrons. The van der Waals surface area contributed by atoms with Crippen molar-refractivity contribution in [2.75, 3.05) is 5.75 Å². The van der Waals surface area contributed by atoms with Gasteiger partial charge in [-0.05, 0) is 24.1 Å². The summed E-state index contributed by atoms with van der Waals surface area (Å²) in [5, 5.41) is 12.4. The van der Waals surface area contributed by atoms with Crippen LogP contribution >= 0.6 is 11.8 Å². The fourth-order valence-corrected chi connectivity index (χ4v) is 3.11. The molecule has 0 bridgehead atoms. The number of amides is 1. The van der Waals surface area contributed by atoms with Gasteiger partial charge in [-0.3, -0.25) is 4.79 Å². The molecule has 2 aromatic rings. The smallest absolute Gasteiger partial charge is 0.417 e. The molecule has 1 aromatic heterocycles. The highest BCUT2D eigenvalue weighted by molar-refractivity contribution is 7.99. The van der Waals surface area contributed by atoms with Gasteiger partial charge in [-0.25, -0.2) is 9.78 Å². The number of halogens is 3. The lowest BCUT2D eigenvalue weighted by molar-refractivity contribution is -0.148. The summed E-state index contributed by atoms with van der Waals surface area (Å²) in [6.07, 6.45) is -3.66. The van der Waals surface area contributed by atoms with Crippen molar-refractivity contribution >= 4 is 23.6 Å². The molecule has 1 amide bonds. The summed E-state index contributed by atoms with van der Waals surface area (Å²) in [6.45, 7) is 1.64. The van der Waals surface area contributed by atoms with E-state index in [0.29, 0.717) is 11.8 Å². The minimum Gasteiger partial charge on any atom is -0.479 e. The van der Waals surface area contributed by atoms with Crippen molar-refractivity contribution in [2.45, 2.75) is 30.1 Å². The second-order valence-electron chi connectivity index (χ2n) is 5.65. The molecule has 0 saturated carbocycles. The quantitative estimate of drug-likeness (QED) is 0.696. The van der Waals surface area contributed by atoms with E-state index in [0.717, 1.165) is 17.8 Å². The lowest BCUT2D eigenvalue weighted by Gasteiger charge is -2.30. The van der Waals surface area contributed by atoms with E-state index in [1.807, 2.05) is 0 Å². The fourth-order valence-electron chi connectivity index (χ4n) is 2.46. The van der Waals surface area contributed by atoms with E-state index in [4.69, 9.17) is 0 Å². The SMILES string of the molecule is CCC(NC(=O)CSc1ccc(C(F)(F)F)cn1)(C(=O)O)c1ccccc1. The van der Waals surface area contributed by atoms with Crippen LogP contribution in [0.1, 0.15) is 24.5 Å². The summed E-state index contributed by atoms with van der Waals surface area (Å²) in [5.41, 5.74) is -2.02. The first-order chi connectivity index (χ1) is 12.7. The van der Waals surface area contributed by atoms with E-state index in [1.165, 1.54) is 6.07 Å². The number of alkyl halides is 3. The molecule has 0 aliphatic carbocycles. The topological polar surface area (TPSA) is 79.3 Å². The number of thioether (sulfide) groups is 1. The molecule has 1 unspecified atom stereocenters. The molecule has 0 spiro atoms. The van der Waals surface area contributed by atoms with Crippen LogP contribution in [0.15, 0.2) is 53.7 Å². The van der Waals surface area contributed by atoms with Crippen molar-refractivity contribution in [3.05, 3.63) is 59.8 Å². The molecule has 1 aromatic carbocycles. The molecule has 9 heteroatoms. The van der Waals surface area contributed by atoms with Gasteiger partial charge in [-0.15, -0.1) is 0 Å². The van der Waals surface area contributed by atoms with Crippen LogP contribution in [0.3, 0.4) is 0 Å². The maximum absolute atomic E-state index is 12.5. The van der Waals surface area contributed by atoms with Crippen molar-refractivity contribution in [2.24, 2.45) is 0 Å². The number of nitrogens with one attached hydrogen (secondary N) is 1. The summed E-state index contributed by atoms with van der Waals surface area (Å²) < 4.78 is 37.6. The first kappa shape index (κ1) is 20.8. The number of nitrogens with zero attached hydrogens (tertiary/aromatic N) is 1. The van der Waals surface area contributed by atoms with Gasteiger partial charge in [-0.2, -0.15) is 13.2 Å². The lowest BCUT2D eigenvalue weighted by Crippen LogP contribution is -2.52. The highest BCUT2D eigenvalue weighted by Gasteiger charge is 2.40. The predicted octanol–water partition coefficient (Wildman–Crippen LogP) is 3.70. The zero-order chi connectivity index (χ0) is 20.1. The van der Waals surface area contributed by atoms with Crippen LogP contribution in [0, 0.1) is 0 Å². The standard InChI is InChI=1S/C18H17F3N2O3S/c1-2-17(16(25)26,12-6-4-3-5-7-12)23-14(24)11-27-15-9-8-13(10-22-15)18(19,20)21/h3-10H,2,11H2,1H3,(H,23,24)(H,25,26). The first-order valence-corrected chi connectivity index (χ1v) is 8.93. The van der Waals surface area contributed by atoms with Gasteiger partial charge in [0.05, 0.1) is 16.3 Å². The Morgan fingerprint density at radius 3 is 2.26 bits per heavy atom. The van der Waals surface area contributed by atoms with Gasteiger partial charge in [0.25, 0.3) is 0 Å². The van der Waals surface area contributed by atoms with Crippen molar-refractivity contribution < 1.29 is 27.9 Å². The van der Waals surface area contributed by atoms with Crippen molar-refractivity contribution in [1.29, 1.82) is 0 Å². The van der Waals surface area contributed by atoms with Gasteiger partial charge in [0.1, 0.15) is 0 Å². The molecule has 27 heavy (non-hydrogen) atoms. The summed E-state index contributed by atoms with van der Waals surface area (Å²) in [5.74, 6) is -1.93. The molecular formula is C18H17F3N2O3S. The van der Waals surface area contributed by atoms with E-state index >= 15 is 0 Å². The van der Waals surface area contributed by atoms with Crippen LogP contribution in [0.5, 0.6) is 0 Å². The van der Waals surface area contributed by atoms with Crippen molar-refractivity contribution in [3.8, 4) is 0 Å². The number of carbonyl (C=O) groups excluding carboxylic acids is 1. The van der Waals surface area contributed by atoms with Gasteiger partial charge >= 0.3 is 12.1 Å². The summed E-state index contributed by atoms with van der Waals surface area (Å²) in [7, 11) is 0. The molecule has 0 aliphatic rings. The van der Waals surface area contributed by atoms with Crippen LogP contribution < -0.4 is 5.32 Å². The second-order valence-corrected chi connectivity index (χ2v) is 6.65. The van der Waals surface area contributed by atoms with Gasteiger partial charge < -0.3 is 10.4 Å². The molecule has 5 nitrogen and oxygen atoms in total. The summed E-state index contributed by atoms with van der Waals surface area (Å²) in [6, 6.07) is 10.4. The first-order valence-electron chi connectivity index (χ1n) is 7.95. The van der Waals surface area contributed by atoms with Crippen LogP contribution in [0.2, 0.25) is 0 Å². The average Bonchev–Trinajstić information content (AvgIpc) is 2.64. The van der Waals surface area contributed by atoms with Gasteiger partial charge in [0.2, 0.25) is 5.91 Å². The summed E-state index contributed by atoms with van der Waals surface area (Å²) in [4.78, 5) is 27.8. The molecule has 144 valence electrons. The maximum atomic E-state index is 12.5. The number of hydrogen-bond acceptors (Lipinski definition) is 4. The Morgan fingerprint density at radius 2 is 1.78 bits per heavy atom. The van der Waals surface area contributed by atoms with E-state index in [-0.39, 0.29) is 17.2 Å². The fraction of sp³-hybridized carbons (Fsp3) is 0.278.